The predicted octanol–water partition coefficient (Wildman–Crippen LogP) is 3.42. The summed E-state index contributed by atoms with van der Waals surface area (Å²) < 4.78 is 10.8. The standard InChI is InChI=1S/C18H22O4/c1-13-16(21-18(2,3)22-17(13)20)12-15(19)11-7-10-14-8-5-4-6-9-14/h4-10,15,19H,11-12H2,1-3H3/b10-7+. The summed E-state index contributed by atoms with van der Waals surface area (Å²) in [6, 6.07) is 9.89. The molecule has 0 fully saturated rings. The van der Waals surface area contributed by atoms with Gasteiger partial charge in [-0.15, -0.1) is 0 Å². The fourth-order valence-electron chi connectivity index (χ4n) is 2.23. The Balaban J connectivity index is 1.94. The Bertz CT molecular complexity index is 584. The first-order valence-electron chi connectivity index (χ1n) is 7.39. The summed E-state index contributed by atoms with van der Waals surface area (Å²) in [4.78, 5) is 11.7. The van der Waals surface area contributed by atoms with Crippen LogP contribution in [-0.2, 0) is 14.3 Å². The minimum atomic E-state index is -0.981. The largest absolute Gasteiger partial charge is 0.457 e. The molecular formula is C18H22O4. The minimum Gasteiger partial charge on any atom is -0.457 e. The van der Waals surface area contributed by atoms with E-state index in [1.165, 1.54) is 0 Å². The average molecular weight is 302 g/mol. The van der Waals surface area contributed by atoms with Crippen molar-refractivity contribution in [3.8, 4) is 0 Å². The van der Waals surface area contributed by atoms with Gasteiger partial charge in [0.1, 0.15) is 5.76 Å². The number of hydrogen-bond acceptors (Lipinski definition) is 4. The highest BCUT2D eigenvalue weighted by Crippen LogP contribution is 2.29. The molecule has 2 rings (SSSR count). The predicted molar refractivity (Wildman–Crippen MR) is 84.7 cm³/mol. The van der Waals surface area contributed by atoms with Crippen LogP contribution in [0.4, 0.5) is 0 Å². The number of rotatable bonds is 5. The van der Waals surface area contributed by atoms with E-state index in [-0.39, 0.29) is 0 Å². The van der Waals surface area contributed by atoms with E-state index in [0.29, 0.717) is 24.2 Å². The third-order valence-corrected chi connectivity index (χ3v) is 3.37. The van der Waals surface area contributed by atoms with E-state index in [0.717, 1.165) is 5.56 Å². The molecule has 0 amide bonds. The molecule has 0 saturated carbocycles. The Morgan fingerprint density at radius 3 is 2.59 bits per heavy atom. The fourth-order valence-corrected chi connectivity index (χ4v) is 2.23. The maximum Gasteiger partial charge on any atom is 0.340 e. The lowest BCUT2D eigenvalue weighted by Crippen LogP contribution is -2.37. The summed E-state index contributed by atoms with van der Waals surface area (Å²) >= 11 is 0. The van der Waals surface area contributed by atoms with Crippen LogP contribution >= 0.6 is 0 Å². The van der Waals surface area contributed by atoms with Crippen LogP contribution in [0.25, 0.3) is 6.08 Å². The SMILES string of the molecule is CC1=C(CC(O)C/C=C/c2ccccc2)OC(C)(C)OC1=O. The molecule has 0 radical (unpaired) electrons. The van der Waals surface area contributed by atoms with Crippen molar-refractivity contribution in [2.45, 2.75) is 45.5 Å². The van der Waals surface area contributed by atoms with Crippen LogP contribution in [0.1, 0.15) is 39.2 Å². The molecule has 4 nitrogen and oxygen atoms in total. The van der Waals surface area contributed by atoms with Crippen molar-refractivity contribution in [3.63, 3.8) is 0 Å². The van der Waals surface area contributed by atoms with Crippen LogP contribution in [0.5, 0.6) is 0 Å². The van der Waals surface area contributed by atoms with Crippen molar-refractivity contribution in [1.82, 2.24) is 0 Å². The topological polar surface area (TPSA) is 55.8 Å². The molecule has 1 heterocycles. The summed E-state index contributed by atoms with van der Waals surface area (Å²) in [5.41, 5.74) is 1.51. The van der Waals surface area contributed by atoms with E-state index in [4.69, 9.17) is 9.47 Å². The lowest BCUT2D eigenvalue weighted by atomic mass is 10.1. The molecule has 1 aliphatic rings. The van der Waals surface area contributed by atoms with Gasteiger partial charge in [-0.3, -0.25) is 0 Å². The molecule has 0 bridgehead atoms. The molecule has 1 aromatic carbocycles. The van der Waals surface area contributed by atoms with Crippen LogP contribution < -0.4 is 0 Å². The Morgan fingerprint density at radius 2 is 1.91 bits per heavy atom. The monoisotopic (exact) mass is 302 g/mol. The third-order valence-electron chi connectivity index (χ3n) is 3.37. The summed E-state index contributed by atoms with van der Waals surface area (Å²) in [5.74, 6) is -0.869. The van der Waals surface area contributed by atoms with E-state index < -0.39 is 17.9 Å². The van der Waals surface area contributed by atoms with Crippen LogP contribution in [0, 0.1) is 0 Å². The van der Waals surface area contributed by atoms with E-state index in [1.807, 2.05) is 42.5 Å². The van der Waals surface area contributed by atoms with Gasteiger partial charge in [-0.1, -0.05) is 42.5 Å². The molecule has 1 aromatic rings. The molecule has 0 spiro atoms. The average Bonchev–Trinajstić information content (AvgIpc) is 2.45. The van der Waals surface area contributed by atoms with Gasteiger partial charge >= 0.3 is 5.97 Å². The first-order valence-corrected chi connectivity index (χ1v) is 7.39. The van der Waals surface area contributed by atoms with Crippen LogP contribution in [0.15, 0.2) is 47.7 Å². The Morgan fingerprint density at radius 1 is 1.23 bits per heavy atom. The molecule has 22 heavy (non-hydrogen) atoms. The Kier molecular flexibility index (Phi) is 5.03. The van der Waals surface area contributed by atoms with Crippen molar-refractivity contribution in [3.05, 3.63) is 53.3 Å². The van der Waals surface area contributed by atoms with Crippen molar-refractivity contribution < 1.29 is 19.4 Å². The first-order chi connectivity index (χ1) is 10.4. The van der Waals surface area contributed by atoms with E-state index >= 15 is 0 Å². The van der Waals surface area contributed by atoms with Crippen molar-refractivity contribution in [2.24, 2.45) is 0 Å². The minimum absolute atomic E-state index is 0.295. The third kappa shape index (κ3) is 4.46. The second kappa shape index (κ2) is 6.79. The van der Waals surface area contributed by atoms with Gasteiger partial charge in [-0.25, -0.2) is 4.79 Å². The number of aliphatic hydroxyl groups excluding tert-OH is 1. The van der Waals surface area contributed by atoms with Gasteiger partial charge in [0.2, 0.25) is 5.79 Å². The van der Waals surface area contributed by atoms with E-state index in [2.05, 4.69) is 0 Å². The van der Waals surface area contributed by atoms with Gasteiger partial charge in [-0.05, 0) is 18.9 Å². The summed E-state index contributed by atoms with van der Waals surface area (Å²) in [6.45, 7) is 5.01. The van der Waals surface area contributed by atoms with Gasteiger partial charge in [0.15, 0.2) is 0 Å². The second-order valence-electron chi connectivity index (χ2n) is 5.85. The van der Waals surface area contributed by atoms with E-state index in [9.17, 15) is 9.90 Å². The van der Waals surface area contributed by atoms with Crippen LogP contribution in [0.2, 0.25) is 0 Å². The molecule has 4 heteroatoms. The van der Waals surface area contributed by atoms with Crippen molar-refractivity contribution >= 4 is 12.0 Å². The number of carbonyl (C=O) groups excluding carboxylic acids is 1. The number of cyclic esters (lactones) is 1. The van der Waals surface area contributed by atoms with Crippen LogP contribution in [-0.4, -0.2) is 23.0 Å². The molecule has 0 aliphatic carbocycles. The van der Waals surface area contributed by atoms with Gasteiger partial charge in [0.25, 0.3) is 0 Å². The molecule has 1 N–H and O–H groups in total. The van der Waals surface area contributed by atoms with Crippen molar-refractivity contribution in [1.29, 1.82) is 0 Å². The van der Waals surface area contributed by atoms with Gasteiger partial charge in [0.05, 0.1) is 11.7 Å². The number of ether oxygens (including phenoxy) is 2. The lowest BCUT2D eigenvalue weighted by molar-refractivity contribution is -0.209. The summed E-state index contributed by atoms with van der Waals surface area (Å²) in [5, 5.41) is 10.1. The summed E-state index contributed by atoms with van der Waals surface area (Å²) in [7, 11) is 0. The number of benzene rings is 1. The highest BCUT2D eigenvalue weighted by molar-refractivity contribution is 5.89. The first kappa shape index (κ1) is 16.3. The lowest BCUT2D eigenvalue weighted by Gasteiger charge is -2.33. The maximum absolute atomic E-state index is 11.7. The molecular weight excluding hydrogens is 280 g/mol. The highest BCUT2D eigenvalue weighted by Gasteiger charge is 2.34. The highest BCUT2D eigenvalue weighted by atomic mass is 16.7. The molecule has 1 unspecified atom stereocenters. The number of aliphatic hydroxyl groups is 1. The zero-order chi connectivity index (χ0) is 16.2. The zero-order valence-corrected chi connectivity index (χ0v) is 13.2. The Labute approximate surface area is 131 Å². The maximum atomic E-state index is 11.7. The molecule has 0 aromatic heterocycles. The Hall–Kier alpha value is -2.07. The van der Waals surface area contributed by atoms with Gasteiger partial charge in [0, 0.05) is 20.3 Å². The smallest absolute Gasteiger partial charge is 0.340 e. The number of carbonyl (C=O) groups is 1. The zero-order valence-electron chi connectivity index (χ0n) is 13.2. The quantitative estimate of drug-likeness (QED) is 0.847. The molecule has 1 aliphatic heterocycles. The molecule has 1 atom stereocenters. The molecule has 118 valence electrons. The van der Waals surface area contributed by atoms with Gasteiger partial charge < -0.3 is 14.6 Å². The van der Waals surface area contributed by atoms with Crippen molar-refractivity contribution in [2.75, 3.05) is 0 Å². The second-order valence-corrected chi connectivity index (χ2v) is 5.85. The van der Waals surface area contributed by atoms with E-state index in [1.54, 1.807) is 20.8 Å². The fraction of sp³-hybridized carbons (Fsp3) is 0.389. The van der Waals surface area contributed by atoms with Gasteiger partial charge in [-0.2, -0.15) is 0 Å². The van der Waals surface area contributed by atoms with Crippen LogP contribution in [0.3, 0.4) is 0 Å². The normalized spacial score (nSPS) is 19.0. The number of hydrogen-bond donors (Lipinski definition) is 1. The number of esters is 1. The molecule has 0 saturated heterocycles. The summed E-state index contributed by atoms with van der Waals surface area (Å²) in [6.07, 6.45) is 4.06.